The number of aryl methyl sites for hydroxylation is 2. The van der Waals surface area contributed by atoms with Crippen LogP contribution < -0.4 is 0 Å². The van der Waals surface area contributed by atoms with Crippen LogP contribution >= 0.6 is 0 Å². The Kier molecular flexibility index (Phi) is 4.96. The Hall–Kier alpha value is -1.56. The first-order chi connectivity index (χ1) is 8.08. The SMILES string of the molecule is C=C(C)/C=C(\C=CC)c1ccc(C)c(CC)c1. The second-order valence-electron chi connectivity index (χ2n) is 4.44. The summed E-state index contributed by atoms with van der Waals surface area (Å²) in [7, 11) is 0. The highest BCUT2D eigenvalue weighted by Gasteiger charge is 2.01. The van der Waals surface area contributed by atoms with Gasteiger partial charge in [0.05, 0.1) is 0 Å². The maximum atomic E-state index is 3.95. The topological polar surface area (TPSA) is 0 Å². The normalized spacial score (nSPS) is 12.1. The lowest BCUT2D eigenvalue weighted by Gasteiger charge is -2.08. The highest BCUT2D eigenvalue weighted by atomic mass is 14.1. The van der Waals surface area contributed by atoms with Crippen LogP contribution in [0.15, 0.2) is 48.6 Å². The van der Waals surface area contributed by atoms with Crippen LogP contribution in [-0.2, 0) is 6.42 Å². The van der Waals surface area contributed by atoms with Crippen LogP contribution in [0.2, 0.25) is 0 Å². The van der Waals surface area contributed by atoms with Gasteiger partial charge in [-0.1, -0.05) is 55.5 Å². The van der Waals surface area contributed by atoms with E-state index in [-0.39, 0.29) is 0 Å². The summed E-state index contributed by atoms with van der Waals surface area (Å²) in [5.74, 6) is 0. The first-order valence-corrected chi connectivity index (χ1v) is 6.18. The zero-order chi connectivity index (χ0) is 12.8. The molecule has 0 atom stereocenters. The second kappa shape index (κ2) is 6.24. The smallest absolute Gasteiger partial charge is 0.0181 e. The molecule has 0 radical (unpaired) electrons. The van der Waals surface area contributed by atoms with E-state index < -0.39 is 0 Å². The summed E-state index contributed by atoms with van der Waals surface area (Å²) in [5.41, 5.74) is 6.37. The van der Waals surface area contributed by atoms with Gasteiger partial charge in [-0.3, -0.25) is 0 Å². The molecule has 0 unspecified atom stereocenters. The van der Waals surface area contributed by atoms with Crippen molar-refractivity contribution in [2.45, 2.75) is 34.1 Å². The van der Waals surface area contributed by atoms with Gasteiger partial charge in [0.25, 0.3) is 0 Å². The third kappa shape index (κ3) is 3.74. The molecule has 0 spiro atoms. The standard InChI is InChI=1S/C17H22/c1-6-8-16(11-13(3)4)17-10-9-14(5)15(7-2)12-17/h6,8-12H,3,7H2,1-2,4-5H3/b8-6?,16-11+. The summed E-state index contributed by atoms with van der Waals surface area (Å²) >= 11 is 0. The van der Waals surface area contributed by atoms with E-state index in [1.807, 2.05) is 13.8 Å². The molecule has 0 saturated heterocycles. The minimum atomic E-state index is 1.08. The minimum absolute atomic E-state index is 1.08. The molecule has 0 heteroatoms. The molecule has 0 aromatic heterocycles. The van der Waals surface area contributed by atoms with E-state index in [4.69, 9.17) is 0 Å². The molecule has 1 aromatic rings. The summed E-state index contributed by atoms with van der Waals surface area (Å²) < 4.78 is 0. The summed E-state index contributed by atoms with van der Waals surface area (Å²) in [6, 6.07) is 6.66. The van der Waals surface area contributed by atoms with Crippen LogP contribution in [0, 0.1) is 6.92 Å². The van der Waals surface area contributed by atoms with Crippen molar-refractivity contribution in [1.29, 1.82) is 0 Å². The molecule has 0 N–H and O–H groups in total. The van der Waals surface area contributed by atoms with E-state index in [9.17, 15) is 0 Å². The fraction of sp³-hybridized carbons (Fsp3) is 0.294. The van der Waals surface area contributed by atoms with Gasteiger partial charge in [0.1, 0.15) is 0 Å². The largest absolute Gasteiger partial charge is 0.0961 e. The van der Waals surface area contributed by atoms with E-state index >= 15 is 0 Å². The first-order valence-electron chi connectivity index (χ1n) is 6.18. The number of rotatable bonds is 4. The van der Waals surface area contributed by atoms with Crippen molar-refractivity contribution in [3.63, 3.8) is 0 Å². The van der Waals surface area contributed by atoms with Crippen molar-refractivity contribution in [2.75, 3.05) is 0 Å². The van der Waals surface area contributed by atoms with E-state index in [1.54, 1.807) is 0 Å². The zero-order valence-electron chi connectivity index (χ0n) is 11.4. The van der Waals surface area contributed by atoms with Gasteiger partial charge in [-0.15, -0.1) is 0 Å². The minimum Gasteiger partial charge on any atom is -0.0961 e. The Labute approximate surface area is 105 Å². The molecule has 1 aromatic carbocycles. The third-order valence-corrected chi connectivity index (χ3v) is 2.81. The predicted molar refractivity (Wildman–Crippen MR) is 78.2 cm³/mol. The first kappa shape index (κ1) is 13.5. The summed E-state index contributed by atoms with van der Waals surface area (Å²) in [4.78, 5) is 0. The van der Waals surface area contributed by atoms with Crippen molar-refractivity contribution in [3.05, 3.63) is 65.3 Å². The average Bonchev–Trinajstić information content (AvgIpc) is 2.28. The quantitative estimate of drug-likeness (QED) is 0.627. The highest BCUT2D eigenvalue weighted by Crippen LogP contribution is 2.21. The molecule has 0 fully saturated rings. The molecule has 0 aliphatic carbocycles. The Morgan fingerprint density at radius 3 is 2.59 bits per heavy atom. The van der Waals surface area contributed by atoms with Gasteiger partial charge in [-0.2, -0.15) is 0 Å². The molecule has 1 rings (SSSR count). The Balaban J connectivity index is 3.24. The van der Waals surface area contributed by atoms with Crippen molar-refractivity contribution in [1.82, 2.24) is 0 Å². The van der Waals surface area contributed by atoms with E-state index in [1.165, 1.54) is 22.3 Å². The molecule has 0 aliphatic heterocycles. The predicted octanol–water partition coefficient (Wildman–Crippen LogP) is 5.09. The van der Waals surface area contributed by atoms with Gasteiger partial charge in [0.2, 0.25) is 0 Å². The molecule has 0 heterocycles. The lowest BCUT2D eigenvalue weighted by molar-refractivity contribution is 1.11. The molecule has 17 heavy (non-hydrogen) atoms. The van der Waals surface area contributed by atoms with Crippen molar-refractivity contribution in [3.8, 4) is 0 Å². The molecule has 90 valence electrons. The summed E-state index contributed by atoms with van der Waals surface area (Å²) in [6.45, 7) is 12.4. The van der Waals surface area contributed by atoms with Crippen LogP contribution in [0.4, 0.5) is 0 Å². The second-order valence-corrected chi connectivity index (χ2v) is 4.44. The highest BCUT2D eigenvalue weighted by molar-refractivity contribution is 5.76. The lowest BCUT2D eigenvalue weighted by Crippen LogP contribution is -1.90. The van der Waals surface area contributed by atoms with Crippen LogP contribution in [0.1, 0.15) is 37.5 Å². The van der Waals surface area contributed by atoms with Crippen molar-refractivity contribution < 1.29 is 0 Å². The van der Waals surface area contributed by atoms with Crippen LogP contribution in [-0.4, -0.2) is 0 Å². The summed E-state index contributed by atoms with van der Waals surface area (Å²) in [5, 5.41) is 0. The number of hydrogen-bond donors (Lipinski definition) is 0. The van der Waals surface area contributed by atoms with Gasteiger partial charge >= 0.3 is 0 Å². The molecule has 0 nitrogen and oxygen atoms in total. The van der Waals surface area contributed by atoms with Gasteiger partial charge in [-0.05, 0) is 49.5 Å². The van der Waals surface area contributed by atoms with Gasteiger partial charge in [0, 0.05) is 0 Å². The van der Waals surface area contributed by atoms with Crippen molar-refractivity contribution >= 4 is 5.57 Å². The monoisotopic (exact) mass is 226 g/mol. The number of allylic oxidation sites excluding steroid dienone is 5. The maximum absolute atomic E-state index is 3.95. The van der Waals surface area contributed by atoms with Gasteiger partial charge in [0.15, 0.2) is 0 Å². The molecule has 0 aliphatic rings. The van der Waals surface area contributed by atoms with Gasteiger partial charge in [-0.25, -0.2) is 0 Å². The van der Waals surface area contributed by atoms with Gasteiger partial charge < -0.3 is 0 Å². The van der Waals surface area contributed by atoms with Crippen LogP contribution in [0.3, 0.4) is 0 Å². The molecule has 0 amide bonds. The Morgan fingerprint density at radius 1 is 1.35 bits per heavy atom. The van der Waals surface area contributed by atoms with E-state index in [0.717, 1.165) is 12.0 Å². The lowest BCUT2D eigenvalue weighted by atomic mass is 9.97. The number of benzene rings is 1. The van der Waals surface area contributed by atoms with E-state index in [2.05, 4.69) is 56.9 Å². The fourth-order valence-corrected chi connectivity index (χ4v) is 1.90. The fourth-order valence-electron chi connectivity index (χ4n) is 1.90. The average molecular weight is 226 g/mol. The molecular formula is C17H22. The third-order valence-electron chi connectivity index (χ3n) is 2.81. The van der Waals surface area contributed by atoms with Crippen molar-refractivity contribution in [2.24, 2.45) is 0 Å². The molecule has 0 bridgehead atoms. The Morgan fingerprint density at radius 2 is 2.06 bits per heavy atom. The van der Waals surface area contributed by atoms with E-state index in [0.29, 0.717) is 0 Å². The van der Waals surface area contributed by atoms with Crippen LogP contribution in [0.5, 0.6) is 0 Å². The summed E-state index contributed by atoms with van der Waals surface area (Å²) in [6.07, 6.45) is 7.42. The zero-order valence-corrected chi connectivity index (χ0v) is 11.4. The Bertz CT molecular complexity index is 459. The maximum Gasteiger partial charge on any atom is -0.0181 e. The molecular weight excluding hydrogens is 204 g/mol. The molecule has 0 saturated carbocycles. The number of hydrogen-bond acceptors (Lipinski definition) is 0. The van der Waals surface area contributed by atoms with Crippen LogP contribution in [0.25, 0.3) is 5.57 Å².